The minimum atomic E-state index is 0.103. The molecule has 0 bridgehead atoms. The van der Waals surface area contributed by atoms with Crippen molar-refractivity contribution >= 4 is 29.1 Å². The van der Waals surface area contributed by atoms with E-state index < -0.39 is 0 Å². The van der Waals surface area contributed by atoms with Gasteiger partial charge in [-0.3, -0.25) is 9.36 Å². The van der Waals surface area contributed by atoms with E-state index in [1.807, 2.05) is 48.7 Å². The van der Waals surface area contributed by atoms with Crippen LogP contribution >= 0.6 is 23.4 Å². The summed E-state index contributed by atoms with van der Waals surface area (Å²) in [4.78, 5) is 12.7. The van der Waals surface area contributed by atoms with E-state index in [9.17, 15) is 4.79 Å². The van der Waals surface area contributed by atoms with Crippen LogP contribution in [0.4, 0.5) is 0 Å². The van der Waals surface area contributed by atoms with Crippen LogP contribution in [-0.4, -0.2) is 30.9 Å². The van der Waals surface area contributed by atoms with Crippen LogP contribution in [0.15, 0.2) is 41.8 Å². The first-order valence-corrected chi connectivity index (χ1v) is 9.86. The van der Waals surface area contributed by atoms with Crippen LogP contribution in [0.5, 0.6) is 0 Å². The summed E-state index contributed by atoms with van der Waals surface area (Å²) < 4.78 is 4.04. The summed E-state index contributed by atoms with van der Waals surface area (Å²) >= 11 is 7.45. The third-order valence-electron chi connectivity index (χ3n) is 4.26. The first-order chi connectivity index (χ1) is 12.5. The van der Waals surface area contributed by atoms with Crippen molar-refractivity contribution in [3.05, 3.63) is 58.6 Å². The average Bonchev–Trinajstić information content (AvgIpc) is 3.20. The second kappa shape index (κ2) is 8.10. The zero-order chi connectivity index (χ0) is 18.7. The Morgan fingerprint density at radius 3 is 2.81 bits per heavy atom. The van der Waals surface area contributed by atoms with Gasteiger partial charge in [0.15, 0.2) is 10.9 Å². The standard InChI is InChI=1S/C19H21ClN4OS/c1-4-8-23-13(2)9-17(14(23)3)18(25)11-26-19-22-21-12-24(19)16-7-5-6-15(20)10-16/h5-7,9-10,12H,4,8,11H2,1-3H3. The Morgan fingerprint density at radius 1 is 1.27 bits per heavy atom. The summed E-state index contributed by atoms with van der Waals surface area (Å²) in [6, 6.07) is 9.45. The number of carbonyl (C=O) groups excluding carboxylic acids is 1. The highest BCUT2D eigenvalue weighted by Crippen LogP contribution is 2.24. The molecular formula is C19H21ClN4OS. The predicted molar refractivity (Wildman–Crippen MR) is 106 cm³/mol. The zero-order valence-electron chi connectivity index (χ0n) is 15.1. The predicted octanol–water partition coefficient (Wildman–Crippen LogP) is 4.72. The van der Waals surface area contributed by atoms with E-state index in [-0.39, 0.29) is 5.78 Å². The summed E-state index contributed by atoms with van der Waals surface area (Å²) in [6.45, 7) is 7.12. The van der Waals surface area contributed by atoms with Gasteiger partial charge in [-0.15, -0.1) is 10.2 Å². The Hall–Kier alpha value is -2.05. The number of thioether (sulfide) groups is 1. The molecule has 0 saturated heterocycles. The monoisotopic (exact) mass is 388 g/mol. The number of aromatic nitrogens is 4. The lowest BCUT2D eigenvalue weighted by Crippen LogP contribution is -2.07. The number of rotatable bonds is 7. The lowest BCUT2D eigenvalue weighted by molar-refractivity contribution is 0.102. The first-order valence-electron chi connectivity index (χ1n) is 8.50. The van der Waals surface area contributed by atoms with E-state index >= 15 is 0 Å². The minimum Gasteiger partial charge on any atom is -0.348 e. The number of Topliss-reactive ketones (excluding diaryl/α,β-unsaturated/α-hetero) is 1. The molecular weight excluding hydrogens is 368 g/mol. The van der Waals surface area contributed by atoms with Crippen molar-refractivity contribution < 1.29 is 4.79 Å². The number of benzene rings is 1. The van der Waals surface area contributed by atoms with E-state index in [2.05, 4.69) is 21.7 Å². The molecule has 0 radical (unpaired) electrons. The molecule has 0 amide bonds. The van der Waals surface area contributed by atoms with Crippen molar-refractivity contribution in [3.8, 4) is 5.69 Å². The molecule has 0 spiro atoms. The van der Waals surface area contributed by atoms with Gasteiger partial charge in [0.1, 0.15) is 6.33 Å². The first kappa shape index (κ1) is 18.7. The number of halogens is 1. The third kappa shape index (κ3) is 3.86. The van der Waals surface area contributed by atoms with Crippen LogP contribution in [0.2, 0.25) is 5.02 Å². The van der Waals surface area contributed by atoms with Gasteiger partial charge in [0.25, 0.3) is 0 Å². The van der Waals surface area contributed by atoms with Gasteiger partial charge in [-0.25, -0.2) is 0 Å². The Bertz CT molecular complexity index is 932. The van der Waals surface area contributed by atoms with E-state index in [0.29, 0.717) is 15.9 Å². The summed E-state index contributed by atoms with van der Waals surface area (Å²) in [5.41, 5.74) is 3.82. The van der Waals surface area contributed by atoms with Crippen LogP contribution in [0.25, 0.3) is 5.69 Å². The maximum absolute atomic E-state index is 12.7. The third-order valence-corrected chi connectivity index (χ3v) is 5.43. The molecule has 3 aromatic rings. The lowest BCUT2D eigenvalue weighted by atomic mass is 10.2. The molecule has 0 unspecified atom stereocenters. The largest absolute Gasteiger partial charge is 0.348 e. The highest BCUT2D eigenvalue weighted by atomic mass is 35.5. The summed E-state index contributed by atoms with van der Waals surface area (Å²) in [7, 11) is 0. The van der Waals surface area contributed by atoms with Crippen LogP contribution in [0.3, 0.4) is 0 Å². The molecule has 0 fully saturated rings. The summed E-state index contributed by atoms with van der Waals surface area (Å²) in [5.74, 6) is 0.418. The highest BCUT2D eigenvalue weighted by molar-refractivity contribution is 7.99. The van der Waals surface area contributed by atoms with Gasteiger partial charge in [-0.05, 0) is 44.5 Å². The van der Waals surface area contributed by atoms with Crippen molar-refractivity contribution in [1.29, 1.82) is 0 Å². The van der Waals surface area contributed by atoms with E-state index in [1.54, 1.807) is 6.33 Å². The Kier molecular flexibility index (Phi) is 5.84. The van der Waals surface area contributed by atoms with Gasteiger partial charge in [0.05, 0.1) is 11.4 Å². The normalized spacial score (nSPS) is 11.1. The fourth-order valence-corrected chi connectivity index (χ4v) is 3.98. The lowest BCUT2D eigenvalue weighted by Gasteiger charge is -2.08. The van der Waals surface area contributed by atoms with Crippen LogP contribution in [0.1, 0.15) is 35.1 Å². The van der Waals surface area contributed by atoms with Gasteiger partial charge in [0.2, 0.25) is 0 Å². The Morgan fingerprint density at radius 2 is 2.08 bits per heavy atom. The second-order valence-corrected chi connectivity index (χ2v) is 7.49. The molecule has 0 aliphatic rings. The second-order valence-electron chi connectivity index (χ2n) is 6.11. The smallest absolute Gasteiger partial charge is 0.196 e. The molecule has 0 aliphatic heterocycles. The number of aryl methyl sites for hydroxylation is 1. The maximum Gasteiger partial charge on any atom is 0.196 e. The maximum atomic E-state index is 12.7. The minimum absolute atomic E-state index is 0.103. The Labute approximate surface area is 162 Å². The molecule has 0 atom stereocenters. The molecule has 1 aromatic carbocycles. The topological polar surface area (TPSA) is 52.7 Å². The van der Waals surface area contributed by atoms with Crippen molar-refractivity contribution in [2.24, 2.45) is 0 Å². The van der Waals surface area contributed by atoms with Gasteiger partial charge in [-0.1, -0.05) is 36.4 Å². The van der Waals surface area contributed by atoms with Crippen LogP contribution in [0, 0.1) is 13.8 Å². The number of ketones is 1. The number of carbonyl (C=O) groups is 1. The molecule has 26 heavy (non-hydrogen) atoms. The van der Waals surface area contributed by atoms with E-state index in [1.165, 1.54) is 11.8 Å². The van der Waals surface area contributed by atoms with E-state index in [4.69, 9.17) is 11.6 Å². The quantitative estimate of drug-likeness (QED) is 0.434. The van der Waals surface area contributed by atoms with Crippen LogP contribution < -0.4 is 0 Å². The molecule has 2 heterocycles. The molecule has 0 aliphatic carbocycles. The van der Waals surface area contributed by atoms with E-state index in [0.717, 1.165) is 35.6 Å². The van der Waals surface area contributed by atoms with Gasteiger partial charge >= 0.3 is 0 Å². The van der Waals surface area contributed by atoms with Crippen molar-refractivity contribution in [3.63, 3.8) is 0 Å². The highest BCUT2D eigenvalue weighted by Gasteiger charge is 2.17. The van der Waals surface area contributed by atoms with Crippen LogP contribution in [-0.2, 0) is 6.54 Å². The Balaban J connectivity index is 1.76. The van der Waals surface area contributed by atoms with Gasteiger partial charge in [-0.2, -0.15) is 0 Å². The zero-order valence-corrected chi connectivity index (χ0v) is 16.6. The fourth-order valence-electron chi connectivity index (χ4n) is 2.98. The molecule has 2 aromatic heterocycles. The molecule has 7 heteroatoms. The number of nitrogens with zero attached hydrogens (tertiary/aromatic N) is 4. The molecule has 5 nitrogen and oxygen atoms in total. The van der Waals surface area contributed by atoms with Gasteiger partial charge in [0, 0.05) is 28.5 Å². The summed E-state index contributed by atoms with van der Waals surface area (Å²) in [6.07, 6.45) is 2.67. The van der Waals surface area contributed by atoms with Crippen molar-refractivity contribution in [1.82, 2.24) is 19.3 Å². The molecule has 136 valence electrons. The summed E-state index contributed by atoms with van der Waals surface area (Å²) in [5, 5.41) is 9.42. The SMILES string of the molecule is CCCn1c(C)cc(C(=O)CSc2nncn2-c2cccc(Cl)c2)c1C. The molecule has 3 rings (SSSR count). The molecule has 0 saturated carbocycles. The van der Waals surface area contributed by atoms with Crippen molar-refractivity contribution in [2.75, 3.05) is 5.75 Å². The average molecular weight is 389 g/mol. The molecule has 0 N–H and O–H groups in total. The number of hydrogen-bond acceptors (Lipinski definition) is 4. The van der Waals surface area contributed by atoms with Gasteiger partial charge < -0.3 is 4.57 Å². The number of hydrogen-bond donors (Lipinski definition) is 0. The van der Waals surface area contributed by atoms with Crippen molar-refractivity contribution in [2.45, 2.75) is 38.9 Å². The fraction of sp³-hybridized carbons (Fsp3) is 0.316.